The van der Waals surface area contributed by atoms with E-state index in [1.54, 1.807) is 0 Å². The monoisotopic (exact) mass is 276 g/mol. The normalized spacial score (nSPS) is 18.0. The van der Waals surface area contributed by atoms with Crippen LogP contribution in [0.5, 0.6) is 0 Å². The minimum Gasteiger partial charge on any atom is -0.392 e. The van der Waals surface area contributed by atoms with Crippen LogP contribution in [0.15, 0.2) is 24.9 Å². The van der Waals surface area contributed by atoms with Crippen molar-refractivity contribution in [1.82, 2.24) is 14.9 Å². The van der Waals surface area contributed by atoms with Crippen molar-refractivity contribution in [3.63, 3.8) is 0 Å². The van der Waals surface area contributed by atoms with Crippen molar-refractivity contribution in [3.8, 4) is 0 Å². The van der Waals surface area contributed by atoms with Crippen molar-refractivity contribution in [2.75, 3.05) is 37.6 Å². The van der Waals surface area contributed by atoms with Crippen molar-refractivity contribution in [1.29, 1.82) is 0 Å². The Hall–Kier alpha value is -1.46. The molecule has 0 bridgehead atoms. The highest BCUT2D eigenvalue weighted by molar-refractivity contribution is 5.37. The summed E-state index contributed by atoms with van der Waals surface area (Å²) in [5.74, 6) is 1.81. The van der Waals surface area contributed by atoms with Crippen LogP contribution in [0.25, 0.3) is 0 Å². The van der Waals surface area contributed by atoms with Gasteiger partial charge in [-0.3, -0.25) is 4.90 Å². The number of aryl methyl sites for hydroxylation is 1. The molecule has 0 aromatic carbocycles. The van der Waals surface area contributed by atoms with Gasteiger partial charge in [-0.05, 0) is 25.8 Å². The van der Waals surface area contributed by atoms with Gasteiger partial charge in [-0.2, -0.15) is 0 Å². The molecule has 1 N–H and O–H groups in total. The van der Waals surface area contributed by atoms with E-state index in [9.17, 15) is 5.11 Å². The quantitative estimate of drug-likeness (QED) is 0.792. The third-order valence-corrected chi connectivity index (χ3v) is 3.63. The van der Waals surface area contributed by atoms with Gasteiger partial charge in [0, 0.05) is 38.9 Å². The Morgan fingerprint density at radius 2 is 2.15 bits per heavy atom. The molecule has 1 aliphatic heterocycles. The van der Waals surface area contributed by atoms with E-state index in [0.29, 0.717) is 0 Å². The van der Waals surface area contributed by atoms with Gasteiger partial charge >= 0.3 is 0 Å². The van der Waals surface area contributed by atoms with Crippen LogP contribution in [0.1, 0.15) is 18.7 Å². The van der Waals surface area contributed by atoms with Crippen LogP contribution in [0.4, 0.5) is 5.82 Å². The van der Waals surface area contributed by atoms with Gasteiger partial charge in [0.1, 0.15) is 11.6 Å². The molecule has 2 heterocycles. The zero-order valence-corrected chi connectivity index (χ0v) is 12.2. The summed E-state index contributed by atoms with van der Waals surface area (Å²) in [6.07, 6.45) is 5.10. The number of β-amino-alcohol motifs (C(OH)–C–C–N with tert-alkyl or cyclic N) is 1. The molecule has 20 heavy (non-hydrogen) atoms. The van der Waals surface area contributed by atoms with Gasteiger partial charge < -0.3 is 10.0 Å². The molecule has 1 aromatic rings. The minimum absolute atomic E-state index is 0.249. The average molecular weight is 276 g/mol. The second kappa shape index (κ2) is 7.36. The van der Waals surface area contributed by atoms with Crippen LogP contribution >= 0.6 is 0 Å². The third-order valence-electron chi connectivity index (χ3n) is 3.63. The van der Waals surface area contributed by atoms with Gasteiger partial charge in [0.25, 0.3) is 0 Å². The molecule has 0 spiro atoms. The van der Waals surface area contributed by atoms with E-state index < -0.39 is 0 Å². The maximum atomic E-state index is 9.93. The predicted molar refractivity (Wildman–Crippen MR) is 80.9 cm³/mol. The van der Waals surface area contributed by atoms with Crippen LogP contribution < -0.4 is 4.90 Å². The van der Waals surface area contributed by atoms with E-state index in [1.165, 1.54) is 0 Å². The molecule has 5 nitrogen and oxygen atoms in total. The number of piperazine rings is 1. The molecular formula is C15H24N4O. The molecule has 1 aliphatic rings. The van der Waals surface area contributed by atoms with E-state index in [1.807, 2.05) is 25.3 Å². The Morgan fingerprint density at radius 1 is 1.40 bits per heavy atom. The van der Waals surface area contributed by atoms with Crippen LogP contribution in [0.2, 0.25) is 0 Å². The van der Waals surface area contributed by atoms with E-state index >= 15 is 0 Å². The van der Waals surface area contributed by atoms with Crippen molar-refractivity contribution >= 4 is 5.82 Å². The number of hydrogen-bond donors (Lipinski definition) is 1. The number of rotatable bonds is 6. The topological polar surface area (TPSA) is 52.5 Å². The zero-order valence-electron chi connectivity index (χ0n) is 12.2. The summed E-state index contributed by atoms with van der Waals surface area (Å²) in [5, 5.41) is 9.93. The maximum absolute atomic E-state index is 9.93. The molecule has 0 aliphatic carbocycles. The number of aliphatic hydroxyl groups excluding tert-OH is 1. The van der Waals surface area contributed by atoms with E-state index in [2.05, 4.69) is 26.3 Å². The van der Waals surface area contributed by atoms with Crippen LogP contribution in [0.3, 0.4) is 0 Å². The molecule has 1 saturated heterocycles. The second-order valence-corrected chi connectivity index (χ2v) is 5.27. The van der Waals surface area contributed by atoms with Gasteiger partial charge in [0.15, 0.2) is 0 Å². The number of aliphatic hydroxyl groups is 1. The van der Waals surface area contributed by atoms with Gasteiger partial charge in [0.05, 0.1) is 6.10 Å². The van der Waals surface area contributed by atoms with E-state index in [-0.39, 0.29) is 6.10 Å². The summed E-state index contributed by atoms with van der Waals surface area (Å²) in [5.41, 5.74) is 0. The van der Waals surface area contributed by atoms with Gasteiger partial charge in [-0.15, -0.1) is 6.58 Å². The zero-order chi connectivity index (χ0) is 14.4. The summed E-state index contributed by atoms with van der Waals surface area (Å²) < 4.78 is 0. The highest BCUT2D eigenvalue weighted by Crippen LogP contribution is 2.13. The Balaban J connectivity index is 1.79. The summed E-state index contributed by atoms with van der Waals surface area (Å²) in [4.78, 5) is 13.2. The molecule has 1 atom stereocenters. The van der Waals surface area contributed by atoms with Crippen molar-refractivity contribution in [3.05, 3.63) is 30.7 Å². The lowest BCUT2D eigenvalue weighted by molar-refractivity contribution is 0.103. The number of hydrogen-bond acceptors (Lipinski definition) is 5. The first-order valence-corrected chi connectivity index (χ1v) is 7.25. The Labute approximate surface area is 121 Å². The predicted octanol–water partition coefficient (Wildman–Crippen LogP) is 1.23. The lowest BCUT2D eigenvalue weighted by atomic mass is 10.1. The highest BCUT2D eigenvalue weighted by atomic mass is 16.3. The van der Waals surface area contributed by atoms with E-state index in [0.717, 1.165) is 57.2 Å². The molecule has 1 fully saturated rings. The minimum atomic E-state index is -0.249. The molecule has 0 saturated carbocycles. The fourth-order valence-electron chi connectivity index (χ4n) is 2.48. The molecule has 2 rings (SSSR count). The fraction of sp³-hybridized carbons (Fsp3) is 0.600. The van der Waals surface area contributed by atoms with Crippen LogP contribution in [0, 0.1) is 6.92 Å². The van der Waals surface area contributed by atoms with Gasteiger partial charge in [-0.25, -0.2) is 9.97 Å². The molecule has 5 heteroatoms. The van der Waals surface area contributed by atoms with Crippen LogP contribution in [-0.2, 0) is 0 Å². The summed E-state index contributed by atoms with van der Waals surface area (Å²) >= 11 is 0. The third kappa shape index (κ3) is 4.28. The average Bonchev–Trinajstić information content (AvgIpc) is 2.46. The van der Waals surface area contributed by atoms with Gasteiger partial charge in [0.2, 0.25) is 0 Å². The number of aromatic nitrogens is 2. The Morgan fingerprint density at radius 3 is 2.80 bits per heavy atom. The lowest BCUT2D eigenvalue weighted by Gasteiger charge is -2.36. The SMILES string of the molecule is C=CCCC(O)CN1CCN(c2ccnc(C)n2)CC1. The first kappa shape index (κ1) is 14.9. The first-order chi connectivity index (χ1) is 9.69. The smallest absolute Gasteiger partial charge is 0.132 e. The van der Waals surface area contributed by atoms with E-state index in [4.69, 9.17) is 0 Å². The first-order valence-electron chi connectivity index (χ1n) is 7.25. The lowest BCUT2D eigenvalue weighted by Crippen LogP contribution is -2.48. The molecule has 110 valence electrons. The molecule has 1 unspecified atom stereocenters. The largest absolute Gasteiger partial charge is 0.392 e. The highest BCUT2D eigenvalue weighted by Gasteiger charge is 2.19. The molecular weight excluding hydrogens is 252 g/mol. The molecule has 0 amide bonds. The van der Waals surface area contributed by atoms with Crippen molar-refractivity contribution < 1.29 is 5.11 Å². The standard InChI is InChI=1S/C15H24N4O/c1-3-4-5-14(20)12-18-8-10-19(11-9-18)15-6-7-16-13(2)17-15/h3,6-7,14,20H,1,4-5,8-12H2,2H3. The Kier molecular flexibility index (Phi) is 5.49. The number of nitrogens with zero attached hydrogens (tertiary/aromatic N) is 4. The maximum Gasteiger partial charge on any atom is 0.132 e. The fourth-order valence-corrected chi connectivity index (χ4v) is 2.48. The van der Waals surface area contributed by atoms with Crippen molar-refractivity contribution in [2.24, 2.45) is 0 Å². The summed E-state index contributed by atoms with van der Waals surface area (Å²) in [6, 6.07) is 1.96. The van der Waals surface area contributed by atoms with Gasteiger partial charge in [-0.1, -0.05) is 6.08 Å². The molecule has 0 radical (unpaired) electrons. The summed E-state index contributed by atoms with van der Waals surface area (Å²) in [7, 11) is 0. The van der Waals surface area contributed by atoms with Crippen LogP contribution in [-0.4, -0.2) is 58.8 Å². The van der Waals surface area contributed by atoms with Crippen molar-refractivity contribution in [2.45, 2.75) is 25.9 Å². The summed E-state index contributed by atoms with van der Waals surface area (Å²) in [6.45, 7) is 10.2. The molecule has 1 aromatic heterocycles. The Bertz CT molecular complexity index is 430. The second-order valence-electron chi connectivity index (χ2n) is 5.27. The number of anilines is 1. The number of allylic oxidation sites excluding steroid dienone is 1.